The van der Waals surface area contributed by atoms with Crippen LogP contribution < -0.4 is 14.8 Å². The van der Waals surface area contributed by atoms with Gasteiger partial charge in [0.2, 0.25) is 5.91 Å². The van der Waals surface area contributed by atoms with E-state index in [1.54, 1.807) is 21.1 Å². The van der Waals surface area contributed by atoms with E-state index in [1.165, 1.54) is 5.56 Å². The van der Waals surface area contributed by atoms with Crippen molar-refractivity contribution in [2.75, 3.05) is 27.3 Å². The van der Waals surface area contributed by atoms with Gasteiger partial charge in [-0.25, -0.2) is 0 Å². The highest BCUT2D eigenvalue weighted by molar-refractivity contribution is 5.95. The van der Waals surface area contributed by atoms with Gasteiger partial charge in [0.1, 0.15) is 11.5 Å². The summed E-state index contributed by atoms with van der Waals surface area (Å²) in [7, 11) is 3.38. The van der Waals surface area contributed by atoms with Gasteiger partial charge in [0.25, 0.3) is 0 Å². The molecule has 128 valence electrons. The Morgan fingerprint density at radius 2 is 2.00 bits per heavy atom. The van der Waals surface area contributed by atoms with E-state index in [1.807, 2.05) is 18.2 Å². The molecule has 0 saturated carbocycles. The molecule has 3 rings (SSSR count). The summed E-state index contributed by atoms with van der Waals surface area (Å²) in [4.78, 5) is 13.6. The molecule has 0 radical (unpaired) electrons. The van der Waals surface area contributed by atoms with Gasteiger partial charge in [0.15, 0.2) is 0 Å². The Hall–Kier alpha value is -2.27. The summed E-state index contributed by atoms with van der Waals surface area (Å²) in [6.45, 7) is 4.26. The number of rotatable bonds is 5. The highest BCUT2D eigenvalue weighted by Gasteiger charge is 2.24. The van der Waals surface area contributed by atoms with Crippen molar-refractivity contribution in [1.82, 2.24) is 10.2 Å². The standard InChI is InChI=1S/C19H24N2O3/c1-13(22)20-15-9-10-21(12-15)11-14-7-8-17(23-2)16-5-4-6-18(24-3)19(14)16/h4-8,15H,9-12H2,1-3H3,(H,20,22)/t15-/m0/s1. The first kappa shape index (κ1) is 16.6. The van der Waals surface area contributed by atoms with Crippen LogP contribution in [0.15, 0.2) is 30.3 Å². The zero-order valence-corrected chi connectivity index (χ0v) is 14.5. The molecule has 24 heavy (non-hydrogen) atoms. The van der Waals surface area contributed by atoms with E-state index in [-0.39, 0.29) is 11.9 Å². The fourth-order valence-electron chi connectivity index (χ4n) is 3.52. The monoisotopic (exact) mass is 328 g/mol. The number of hydrogen-bond acceptors (Lipinski definition) is 4. The number of ether oxygens (including phenoxy) is 2. The van der Waals surface area contributed by atoms with Crippen LogP contribution in [0.5, 0.6) is 11.5 Å². The number of fused-ring (bicyclic) bond motifs is 1. The predicted molar refractivity (Wildman–Crippen MR) is 94.6 cm³/mol. The number of nitrogens with zero attached hydrogens (tertiary/aromatic N) is 1. The Bertz CT molecular complexity index is 745. The Morgan fingerprint density at radius 3 is 2.71 bits per heavy atom. The minimum atomic E-state index is 0.0402. The lowest BCUT2D eigenvalue weighted by Gasteiger charge is -2.19. The first-order valence-electron chi connectivity index (χ1n) is 8.24. The molecular weight excluding hydrogens is 304 g/mol. The molecule has 0 aromatic heterocycles. The second kappa shape index (κ2) is 7.09. The van der Waals surface area contributed by atoms with Gasteiger partial charge in [-0.3, -0.25) is 9.69 Å². The minimum absolute atomic E-state index is 0.0402. The van der Waals surface area contributed by atoms with E-state index in [4.69, 9.17) is 9.47 Å². The maximum absolute atomic E-state index is 11.2. The Morgan fingerprint density at radius 1 is 1.21 bits per heavy atom. The van der Waals surface area contributed by atoms with Crippen LogP contribution in [0.4, 0.5) is 0 Å². The zero-order chi connectivity index (χ0) is 17.1. The van der Waals surface area contributed by atoms with Crippen LogP contribution in [0.1, 0.15) is 18.9 Å². The average Bonchev–Trinajstić information content (AvgIpc) is 3.00. The van der Waals surface area contributed by atoms with Crippen molar-refractivity contribution >= 4 is 16.7 Å². The minimum Gasteiger partial charge on any atom is -0.496 e. The molecule has 1 fully saturated rings. The Balaban J connectivity index is 1.89. The third kappa shape index (κ3) is 3.31. The molecule has 0 unspecified atom stereocenters. The smallest absolute Gasteiger partial charge is 0.217 e. The van der Waals surface area contributed by atoms with Crippen molar-refractivity contribution < 1.29 is 14.3 Å². The largest absolute Gasteiger partial charge is 0.496 e. The molecule has 2 aromatic carbocycles. The summed E-state index contributed by atoms with van der Waals surface area (Å²) in [5.74, 6) is 1.75. The molecule has 0 bridgehead atoms. The third-order valence-electron chi connectivity index (χ3n) is 4.56. The Kier molecular flexibility index (Phi) is 4.90. The molecule has 0 aliphatic carbocycles. The number of methoxy groups -OCH3 is 2. The van der Waals surface area contributed by atoms with Gasteiger partial charge >= 0.3 is 0 Å². The van der Waals surface area contributed by atoms with Gasteiger partial charge in [0.05, 0.1) is 14.2 Å². The molecule has 1 atom stereocenters. The molecule has 1 amide bonds. The number of likely N-dealkylation sites (tertiary alicyclic amines) is 1. The van der Waals surface area contributed by atoms with E-state index < -0.39 is 0 Å². The summed E-state index contributed by atoms with van der Waals surface area (Å²) in [6.07, 6.45) is 0.991. The average molecular weight is 328 g/mol. The van der Waals surface area contributed by atoms with Gasteiger partial charge in [-0.2, -0.15) is 0 Å². The topological polar surface area (TPSA) is 50.8 Å². The van der Waals surface area contributed by atoms with Crippen molar-refractivity contribution in [3.63, 3.8) is 0 Å². The molecule has 1 saturated heterocycles. The van der Waals surface area contributed by atoms with Crippen LogP contribution in [0.3, 0.4) is 0 Å². The van der Waals surface area contributed by atoms with E-state index >= 15 is 0 Å². The number of benzene rings is 2. The zero-order valence-electron chi connectivity index (χ0n) is 14.5. The van der Waals surface area contributed by atoms with E-state index in [2.05, 4.69) is 22.3 Å². The lowest BCUT2D eigenvalue weighted by molar-refractivity contribution is -0.119. The van der Waals surface area contributed by atoms with Crippen molar-refractivity contribution in [1.29, 1.82) is 0 Å². The number of carbonyl (C=O) groups excluding carboxylic acids is 1. The molecule has 0 spiro atoms. The van der Waals surface area contributed by atoms with Gasteiger partial charge in [0, 0.05) is 43.4 Å². The van der Waals surface area contributed by atoms with Crippen molar-refractivity contribution in [3.8, 4) is 11.5 Å². The van der Waals surface area contributed by atoms with Crippen LogP contribution in [-0.4, -0.2) is 44.2 Å². The molecule has 5 heteroatoms. The molecule has 5 nitrogen and oxygen atoms in total. The molecule has 1 aliphatic heterocycles. The summed E-state index contributed by atoms with van der Waals surface area (Å²) in [5, 5.41) is 5.17. The SMILES string of the molecule is COc1ccc(CN2CC[C@H](NC(C)=O)C2)c2c(OC)cccc12. The Labute approximate surface area is 142 Å². The first-order chi connectivity index (χ1) is 11.6. The highest BCUT2D eigenvalue weighted by Crippen LogP contribution is 2.35. The summed E-state index contributed by atoms with van der Waals surface area (Å²) in [5.41, 5.74) is 1.21. The van der Waals surface area contributed by atoms with Crippen molar-refractivity contribution in [3.05, 3.63) is 35.9 Å². The molecule has 1 N–H and O–H groups in total. The van der Waals surface area contributed by atoms with E-state index in [0.717, 1.165) is 48.3 Å². The fourth-order valence-corrected chi connectivity index (χ4v) is 3.52. The summed E-state index contributed by atoms with van der Waals surface area (Å²) in [6, 6.07) is 10.4. The third-order valence-corrected chi connectivity index (χ3v) is 4.56. The number of nitrogens with one attached hydrogen (secondary N) is 1. The van der Waals surface area contributed by atoms with E-state index in [0.29, 0.717) is 0 Å². The van der Waals surface area contributed by atoms with Crippen LogP contribution in [-0.2, 0) is 11.3 Å². The normalized spacial score (nSPS) is 17.9. The fraction of sp³-hybridized carbons (Fsp3) is 0.421. The molecule has 1 heterocycles. The highest BCUT2D eigenvalue weighted by atomic mass is 16.5. The lowest BCUT2D eigenvalue weighted by Crippen LogP contribution is -2.35. The van der Waals surface area contributed by atoms with Gasteiger partial charge in [-0.05, 0) is 24.1 Å². The molecular formula is C19H24N2O3. The summed E-state index contributed by atoms with van der Waals surface area (Å²) < 4.78 is 11.1. The van der Waals surface area contributed by atoms with Gasteiger partial charge in [-0.1, -0.05) is 18.2 Å². The molecule has 2 aromatic rings. The quantitative estimate of drug-likeness (QED) is 0.916. The molecule has 1 aliphatic rings. The first-order valence-corrected chi connectivity index (χ1v) is 8.24. The second-order valence-electron chi connectivity index (χ2n) is 6.23. The van der Waals surface area contributed by atoms with Crippen molar-refractivity contribution in [2.45, 2.75) is 25.9 Å². The van der Waals surface area contributed by atoms with Crippen molar-refractivity contribution in [2.24, 2.45) is 0 Å². The van der Waals surface area contributed by atoms with Gasteiger partial charge < -0.3 is 14.8 Å². The van der Waals surface area contributed by atoms with Crippen LogP contribution in [0, 0.1) is 0 Å². The lowest BCUT2D eigenvalue weighted by atomic mass is 10.0. The maximum Gasteiger partial charge on any atom is 0.217 e. The van der Waals surface area contributed by atoms with Crippen LogP contribution in [0.25, 0.3) is 10.8 Å². The maximum atomic E-state index is 11.2. The predicted octanol–water partition coefficient (Wildman–Crippen LogP) is 2.57. The second-order valence-corrected chi connectivity index (χ2v) is 6.23. The number of hydrogen-bond donors (Lipinski definition) is 1. The number of amides is 1. The van der Waals surface area contributed by atoms with E-state index in [9.17, 15) is 4.79 Å². The number of carbonyl (C=O) groups is 1. The van der Waals surface area contributed by atoms with Crippen LogP contribution >= 0.6 is 0 Å². The summed E-state index contributed by atoms with van der Waals surface area (Å²) >= 11 is 0. The van der Waals surface area contributed by atoms with Gasteiger partial charge in [-0.15, -0.1) is 0 Å². The van der Waals surface area contributed by atoms with Crippen LogP contribution in [0.2, 0.25) is 0 Å².